The van der Waals surface area contributed by atoms with E-state index in [9.17, 15) is 29.1 Å². The fourth-order valence-corrected chi connectivity index (χ4v) is 8.95. The average Bonchev–Trinajstić information content (AvgIpc) is 2.94. The zero-order valence-corrected chi connectivity index (χ0v) is 23.1. The summed E-state index contributed by atoms with van der Waals surface area (Å²) in [5.41, 5.74) is -3.05. The average molecular weight is 535 g/mol. The lowest BCUT2D eigenvalue weighted by atomic mass is 9.38. The Labute approximate surface area is 222 Å². The van der Waals surface area contributed by atoms with Crippen molar-refractivity contribution in [1.29, 1.82) is 0 Å². The van der Waals surface area contributed by atoms with Crippen molar-refractivity contribution in [2.45, 2.75) is 98.2 Å². The Morgan fingerprint density at radius 3 is 1.87 bits per heavy atom. The standard InChI is InChI=1S/C28H38O10/c1-12-17-9-18(35-13(2)29)21-27(8)11-19(36-14(3)30)25(38-16(5)32)26(6,7)22(27)20(37-15(4)31)24(34)28(21,10-17)23(12)33/h17-22,24-25,34H,1,9-11H2,2-8H3/t17-,18-,19-,20+,21-,22+,24-,25-,27-,28-/m0/s1. The molecule has 10 nitrogen and oxygen atoms in total. The predicted octanol–water partition coefficient (Wildman–Crippen LogP) is 2.29. The first-order valence-electron chi connectivity index (χ1n) is 13.1. The molecule has 0 saturated heterocycles. The van der Waals surface area contributed by atoms with Gasteiger partial charge in [-0.15, -0.1) is 0 Å². The van der Waals surface area contributed by atoms with Gasteiger partial charge in [0.05, 0.1) is 5.41 Å². The topological polar surface area (TPSA) is 143 Å². The molecule has 4 saturated carbocycles. The van der Waals surface area contributed by atoms with Crippen LogP contribution in [0.1, 0.15) is 67.7 Å². The quantitative estimate of drug-likeness (QED) is 0.324. The van der Waals surface area contributed by atoms with Crippen molar-refractivity contribution in [3.05, 3.63) is 12.2 Å². The number of ether oxygens (including phenoxy) is 4. The van der Waals surface area contributed by atoms with E-state index in [2.05, 4.69) is 6.58 Å². The van der Waals surface area contributed by atoms with E-state index in [0.717, 1.165) is 0 Å². The molecule has 10 atom stereocenters. The van der Waals surface area contributed by atoms with Gasteiger partial charge in [-0.05, 0) is 36.2 Å². The maximum Gasteiger partial charge on any atom is 0.303 e. The van der Waals surface area contributed by atoms with Crippen LogP contribution in [-0.2, 0) is 42.9 Å². The van der Waals surface area contributed by atoms with Crippen molar-refractivity contribution in [3.8, 4) is 0 Å². The maximum atomic E-state index is 14.0. The van der Waals surface area contributed by atoms with Crippen molar-refractivity contribution in [1.82, 2.24) is 0 Å². The molecule has 0 radical (unpaired) electrons. The highest BCUT2D eigenvalue weighted by Gasteiger charge is 2.78. The summed E-state index contributed by atoms with van der Waals surface area (Å²) in [6, 6.07) is 0. The molecule has 4 aliphatic rings. The molecule has 1 N–H and O–H groups in total. The second kappa shape index (κ2) is 9.17. The van der Waals surface area contributed by atoms with E-state index in [1.807, 2.05) is 20.8 Å². The molecule has 4 fully saturated rings. The molecule has 10 heteroatoms. The van der Waals surface area contributed by atoms with Gasteiger partial charge in [0.15, 0.2) is 5.78 Å². The van der Waals surface area contributed by atoms with Gasteiger partial charge in [-0.2, -0.15) is 0 Å². The van der Waals surface area contributed by atoms with Gasteiger partial charge in [0.1, 0.15) is 30.5 Å². The van der Waals surface area contributed by atoms with Gasteiger partial charge >= 0.3 is 23.9 Å². The Morgan fingerprint density at radius 2 is 1.34 bits per heavy atom. The van der Waals surface area contributed by atoms with Gasteiger partial charge in [-0.1, -0.05) is 27.4 Å². The summed E-state index contributed by atoms with van der Waals surface area (Å²) in [7, 11) is 0. The Bertz CT molecular complexity index is 1090. The van der Waals surface area contributed by atoms with Crippen molar-refractivity contribution in [3.63, 3.8) is 0 Å². The van der Waals surface area contributed by atoms with Gasteiger partial charge < -0.3 is 24.1 Å². The molecule has 38 heavy (non-hydrogen) atoms. The largest absolute Gasteiger partial charge is 0.462 e. The molecular formula is C28H38O10. The van der Waals surface area contributed by atoms with Crippen LogP contribution in [0.5, 0.6) is 0 Å². The van der Waals surface area contributed by atoms with E-state index in [0.29, 0.717) is 12.0 Å². The zero-order valence-electron chi connectivity index (χ0n) is 23.1. The van der Waals surface area contributed by atoms with E-state index in [1.54, 1.807) is 0 Å². The fourth-order valence-electron chi connectivity index (χ4n) is 8.95. The van der Waals surface area contributed by atoms with Crippen LogP contribution in [0.2, 0.25) is 0 Å². The molecule has 0 aromatic carbocycles. The monoisotopic (exact) mass is 534 g/mol. The first kappa shape index (κ1) is 28.3. The molecule has 2 bridgehead atoms. The van der Waals surface area contributed by atoms with Crippen LogP contribution in [0.4, 0.5) is 0 Å². The second-order valence-electron chi connectivity index (χ2n) is 12.4. The van der Waals surface area contributed by atoms with Crippen molar-refractivity contribution >= 4 is 29.7 Å². The van der Waals surface area contributed by atoms with Crippen LogP contribution >= 0.6 is 0 Å². The minimum Gasteiger partial charge on any atom is -0.462 e. The van der Waals surface area contributed by atoms with E-state index in [4.69, 9.17) is 18.9 Å². The summed E-state index contributed by atoms with van der Waals surface area (Å²) in [5.74, 6) is -4.31. The minimum absolute atomic E-state index is 0.123. The van der Waals surface area contributed by atoms with Crippen molar-refractivity contribution in [2.75, 3.05) is 0 Å². The molecule has 0 heterocycles. The van der Waals surface area contributed by atoms with Gasteiger partial charge in [0.2, 0.25) is 0 Å². The van der Waals surface area contributed by atoms with E-state index in [1.165, 1.54) is 27.7 Å². The van der Waals surface area contributed by atoms with E-state index >= 15 is 0 Å². The molecule has 1 spiro atoms. The Balaban J connectivity index is 1.99. The smallest absolute Gasteiger partial charge is 0.303 e. The van der Waals surface area contributed by atoms with Gasteiger partial charge in [-0.3, -0.25) is 24.0 Å². The first-order chi connectivity index (χ1) is 17.5. The molecule has 210 valence electrons. The number of aliphatic hydroxyl groups is 1. The van der Waals surface area contributed by atoms with Crippen LogP contribution in [0.25, 0.3) is 0 Å². The van der Waals surface area contributed by atoms with Gasteiger partial charge in [0.25, 0.3) is 0 Å². The SMILES string of the molecule is C=C1C(=O)[C@]23C[C@@H]1C[C@H](OC(C)=O)[C@H]2[C@]1(C)C[C@H](OC(C)=O)[C@H](OC(C)=O)C(C)(C)[C@H]1[C@@H](OC(C)=O)[C@@H]3O. The zero-order chi connectivity index (χ0) is 28.5. The van der Waals surface area contributed by atoms with Crippen LogP contribution < -0.4 is 0 Å². The third-order valence-corrected chi connectivity index (χ3v) is 9.57. The lowest BCUT2D eigenvalue weighted by molar-refractivity contribution is -0.299. The number of fused-ring (bicyclic) bond motifs is 3. The van der Waals surface area contributed by atoms with Crippen molar-refractivity contribution in [2.24, 2.45) is 34.0 Å². The number of hydrogen-bond acceptors (Lipinski definition) is 10. The molecule has 0 amide bonds. The Kier molecular flexibility index (Phi) is 6.82. The normalized spacial score (nSPS) is 42.8. The maximum absolute atomic E-state index is 14.0. The third-order valence-electron chi connectivity index (χ3n) is 9.57. The highest BCUT2D eigenvalue weighted by molar-refractivity contribution is 6.04. The summed E-state index contributed by atoms with van der Waals surface area (Å²) < 4.78 is 23.1. The second-order valence-corrected chi connectivity index (χ2v) is 12.4. The number of esters is 4. The third kappa shape index (κ3) is 3.98. The summed E-state index contributed by atoms with van der Waals surface area (Å²) in [5, 5.41) is 12.0. The Morgan fingerprint density at radius 1 is 0.816 bits per heavy atom. The number of Topliss-reactive ketones (excluding diaryl/α,β-unsaturated/α-hetero) is 1. The molecule has 0 aliphatic heterocycles. The molecular weight excluding hydrogens is 496 g/mol. The highest BCUT2D eigenvalue weighted by atomic mass is 16.6. The molecule has 0 aromatic rings. The number of carbonyl (C=O) groups is 5. The Hall–Kier alpha value is -2.75. The molecule has 4 aliphatic carbocycles. The van der Waals surface area contributed by atoms with E-state index < -0.39 is 82.5 Å². The fraction of sp³-hybridized carbons (Fsp3) is 0.750. The summed E-state index contributed by atoms with van der Waals surface area (Å²) in [4.78, 5) is 63.0. The van der Waals surface area contributed by atoms with Crippen LogP contribution in [-0.4, -0.2) is 65.3 Å². The summed E-state index contributed by atoms with van der Waals surface area (Å²) >= 11 is 0. The van der Waals surface area contributed by atoms with Crippen molar-refractivity contribution < 1.29 is 48.0 Å². The van der Waals surface area contributed by atoms with Gasteiger partial charge in [-0.25, -0.2) is 0 Å². The lowest BCUT2D eigenvalue weighted by Crippen LogP contribution is -2.75. The van der Waals surface area contributed by atoms with Crippen LogP contribution in [0.15, 0.2) is 12.2 Å². The first-order valence-corrected chi connectivity index (χ1v) is 13.1. The molecule has 0 unspecified atom stereocenters. The van der Waals surface area contributed by atoms with Crippen LogP contribution in [0.3, 0.4) is 0 Å². The minimum atomic E-state index is -1.43. The molecule has 4 rings (SSSR count). The number of carbonyl (C=O) groups excluding carboxylic acids is 5. The summed E-state index contributed by atoms with van der Waals surface area (Å²) in [6.45, 7) is 14.6. The number of rotatable bonds is 4. The number of allylic oxidation sites excluding steroid dienone is 1. The van der Waals surface area contributed by atoms with Crippen LogP contribution in [0, 0.1) is 34.0 Å². The van der Waals surface area contributed by atoms with E-state index in [-0.39, 0.29) is 24.5 Å². The number of ketones is 1. The number of hydrogen-bond donors (Lipinski definition) is 1. The highest BCUT2D eigenvalue weighted by Crippen LogP contribution is 2.72. The summed E-state index contributed by atoms with van der Waals surface area (Å²) in [6.07, 6.45) is -4.38. The lowest BCUT2D eigenvalue weighted by Gasteiger charge is -2.68. The molecule has 0 aromatic heterocycles. The number of aliphatic hydroxyl groups excluding tert-OH is 1. The van der Waals surface area contributed by atoms with Gasteiger partial charge in [0, 0.05) is 44.9 Å². The predicted molar refractivity (Wildman–Crippen MR) is 131 cm³/mol.